The zero-order valence-electron chi connectivity index (χ0n) is 35.0. The van der Waals surface area contributed by atoms with E-state index in [-0.39, 0.29) is 91.5 Å². The number of thiophene rings is 1. The number of rotatable bonds is 8. The van der Waals surface area contributed by atoms with E-state index in [0.29, 0.717) is 38.8 Å². The summed E-state index contributed by atoms with van der Waals surface area (Å²) in [5, 5.41) is 23.8. The number of carbonyl (C=O) groups excluding carboxylic acids is 1. The molecule has 0 unspecified atom stereocenters. The molecule has 3 fully saturated rings. The molecule has 18 heteroatoms. The number of alkyl carbamates (subject to hydrolysis) is 1. The summed E-state index contributed by atoms with van der Waals surface area (Å²) >= 11 is 8.00. The second-order valence-electron chi connectivity index (χ2n) is 18.6. The molecule has 3 aliphatic heterocycles. The lowest BCUT2D eigenvalue weighted by Gasteiger charge is -2.46. The maximum atomic E-state index is 17.9. The van der Waals surface area contributed by atoms with Gasteiger partial charge in [0.25, 0.3) is 0 Å². The van der Waals surface area contributed by atoms with Crippen LogP contribution in [-0.2, 0) is 4.74 Å². The zero-order chi connectivity index (χ0) is 43.8. The monoisotopic (exact) mass is 883 g/mol. The van der Waals surface area contributed by atoms with E-state index < -0.39 is 52.2 Å². The van der Waals surface area contributed by atoms with Crippen molar-refractivity contribution in [3.63, 3.8) is 0 Å². The molecule has 0 spiro atoms. The molecule has 61 heavy (non-hydrogen) atoms. The van der Waals surface area contributed by atoms with E-state index in [4.69, 9.17) is 30.8 Å². The van der Waals surface area contributed by atoms with E-state index in [2.05, 4.69) is 21.3 Å². The molecule has 5 heterocycles. The van der Waals surface area contributed by atoms with Crippen molar-refractivity contribution in [3.05, 3.63) is 34.4 Å². The molecule has 1 aliphatic carbocycles. The number of nitriles is 1. The third-order valence-corrected chi connectivity index (χ3v) is 13.6. The molecule has 326 valence electrons. The number of halogens is 4. The van der Waals surface area contributed by atoms with Crippen LogP contribution in [0, 0.1) is 23.0 Å². The smallest absolute Gasteiger partial charge is 0.412 e. The minimum Gasteiger partial charge on any atom is -0.491 e. The van der Waals surface area contributed by atoms with Crippen molar-refractivity contribution in [2.24, 2.45) is 0 Å². The van der Waals surface area contributed by atoms with E-state index in [1.807, 2.05) is 4.90 Å². The highest BCUT2D eigenvalue weighted by atomic mass is 35.5. The molecule has 8 rings (SSSR count). The van der Waals surface area contributed by atoms with Crippen LogP contribution >= 0.6 is 22.9 Å². The number of amides is 2. The van der Waals surface area contributed by atoms with Crippen LogP contribution in [0.1, 0.15) is 92.1 Å². The average molecular weight is 884 g/mol. The fourth-order valence-corrected chi connectivity index (χ4v) is 11.1. The van der Waals surface area contributed by atoms with Gasteiger partial charge in [0.1, 0.15) is 46.6 Å². The minimum atomic E-state index is -1.36. The first-order valence-corrected chi connectivity index (χ1v) is 21.8. The molecule has 2 saturated heterocycles. The summed E-state index contributed by atoms with van der Waals surface area (Å²) in [6.45, 7) is 12.2. The molecule has 1 saturated carbocycles. The van der Waals surface area contributed by atoms with Gasteiger partial charge in [-0.1, -0.05) is 17.7 Å². The summed E-state index contributed by atoms with van der Waals surface area (Å²) in [6, 6.07) is 4.32. The Kier molecular flexibility index (Phi) is 10.9. The van der Waals surface area contributed by atoms with Crippen LogP contribution in [0.3, 0.4) is 0 Å². The summed E-state index contributed by atoms with van der Waals surface area (Å²) in [5.41, 5.74) is -3.66. The van der Waals surface area contributed by atoms with Crippen LogP contribution in [0.4, 0.5) is 33.6 Å². The highest BCUT2D eigenvalue weighted by Gasteiger charge is 2.50. The van der Waals surface area contributed by atoms with Gasteiger partial charge in [0.05, 0.1) is 38.4 Å². The van der Waals surface area contributed by atoms with Gasteiger partial charge in [-0.05, 0) is 98.2 Å². The summed E-state index contributed by atoms with van der Waals surface area (Å²) < 4.78 is 66.7. The number of nitrogens with one attached hydrogen (secondary N) is 1. The fourth-order valence-electron chi connectivity index (χ4n) is 9.36. The van der Waals surface area contributed by atoms with Crippen LogP contribution < -0.4 is 24.6 Å². The van der Waals surface area contributed by atoms with Gasteiger partial charge < -0.3 is 29.5 Å². The predicted molar refractivity (Wildman–Crippen MR) is 227 cm³/mol. The molecule has 4 aliphatic rings. The Morgan fingerprint density at radius 2 is 1.87 bits per heavy atom. The van der Waals surface area contributed by atoms with Crippen LogP contribution in [0.25, 0.3) is 32.1 Å². The van der Waals surface area contributed by atoms with Crippen LogP contribution in [-0.4, -0.2) is 99.9 Å². The highest BCUT2D eigenvalue weighted by molar-refractivity contribution is 7.23. The SMILES string of the molecule is CC(C)(C)OC(=O)NC1(CN2CCCOc3c(Cl)c(-c4ccc(F)c5sc(N(C(=O)O)C(C)(C)C)c(C#N)c45)c(F)c4nc(OC[C@@]56CCCN5C[C@H](F)C6)nc2c34)CCC1. The number of aromatic nitrogens is 2. The van der Waals surface area contributed by atoms with Crippen LogP contribution in [0.5, 0.6) is 11.8 Å². The second kappa shape index (κ2) is 15.5. The second-order valence-corrected chi connectivity index (χ2v) is 20.0. The van der Waals surface area contributed by atoms with Crippen molar-refractivity contribution in [3.8, 4) is 29.0 Å². The molecule has 0 bridgehead atoms. The number of carbonyl (C=O) groups is 2. The van der Waals surface area contributed by atoms with Crippen molar-refractivity contribution in [1.82, 2.24) is 20.2 Å². The molecule has 2 aromatic heterocycles. The zero-order valence-corrected chi connectivity index (χ0v) is 36.6. The van der Waals surface area contributed by atoms with Crippen molar-refractivity contribution in [2.75, 3.05) is 49.2 Å². The first kappa shape index (κ1) is 42.9. The number of hydrogen-bond donors (Lipinski definition) is 2. The van der Waals surface area contributed by atoms with Gasteiger partial charge in [-0.3, -0.25) is 9.80 Å². The van der Waals surface area contributed by atoms with Gasteiger partial charge in [-0.15, -0.1) is 11.3 Å². The first-order chi connectivity index (χ1) is 28.7. The molecule has 4 aromatic rings. The predicted octanol–water partition coefficient (Wildman–Crippen LogP) is 9.59. The Morgan fingerprint density at radius 1 is 1.11 bits per heavy atom. The highest BCUT2D eigenvalue weighted by Crippen LogP contribution is 2.52. The number of anilines is 2. The molecular formula is C43H49ClF3N7O6S. The number of ether oxygens (including phenoxy) is 3. The molecule has 2 aromatic carbocycles. The maximum absolute atomic E-state index is 17.9. The van der Waals surface area contributed by atoms with Crippen molar-refractivity contribution < 1.29 is 42.1 Å². The fraction of sp³-hybridized carbons (Fsp3) is 0.558. The lowest BCUT2D eigenvalue weighted by atomic mass is 9.76. The number of nitrogens with zero attached hydrogens (tertiary/aromatic N) is 6. The number of fused-ring (bicyclic) bond motifs is 2. The van der Waals surface area contributed by atoms with Gasteiger partial charge in [0.2, 0.25) is 0 Å². The Labute approximate surface area is 360 Å². The summed E-state index contributed by atoms with van der Waals surface area (Å²) in [4.78, 5) is 40.3. The van der Waals surface area contributed by atoms with E-state index in [0.717, 1.165) is 41.7 Å². The topological polar surface area (TPSA) is 153 Å². The van der Waals surface area contributed by atoms with Gasteiger partial charge in [-0.25, -0.2) is 22.8 Å². The molecule has 2 atom stereocenters. The van der Waals surface area contributed by atoms with Crippen LogP contribution in [0.15, 0.2) is 12.1 Å². The average Bonchev–Trinajstić information content (AvgIpc) is 3.80. The van der Waals surface area contributed by atoms with Gasteiger partial charge >= 0.3 is 18.2 Å². The Hall–Kier alpha value is -4.79. The van der Waals surface area contributed by atoms with Crippen molar-refractivity contribution >= 4 is 66.9 Å². The van der Waals surface area contributed by atoms with Crippen molar-refractivity contribution in [1.29, 1.82) is 5.26 Å². The lowest BCUT2D eigenvalue weighted by Crippen LogP contribution is -2.61. The van der Waals surface area contributed by atoms with E-state index in [9.17, 15) is 24.3 Å². The third-order valence-electron chi connectivity index (χ3n) is 12.1. The van der Waals surface area contributed by atoms with Gasteiger partial charge in [0.15, 0.2) is 11.6 Å². The quantitative estimate of drug-likeness (QED) is 0.174. The summed E-state index contributed by atoms with van der Waals surface area (Å²) in [6.07, 6.45) is 1.56. The normalized spacial score (nSPS) is 21.3. The summed E-state index contributed by atoms with van der Waals surface area (Å²) in [5.74, 6) is -1.38. The molecule has 2 amide bonds. The Balaban J connectivity index is 1.33. The molecular weight excluding hydrogens is 835 g/mol. The van der Waals surface area contributed by atoms with Gasteiger partial charge in [0, 0.05) is 42.5 Å². The number of benzene rings is 2. The molecule has 2 N–H and O–H groups in total. The number of carboxylic acid groups (broad SMARTS) is 1. The first-order valence-electron chi connectivity index (χ1n) is 20.6. The third kappa shape index (κ3) is 7.73. The van der Waals surface area contributed by atoms with E-state index in [1.165, 1.54) is 6.07 Å². The number of alkyl halides is 1. The number of hydrogen-bond acceptors (Lipinski definition) is 11. The molecule has 13 nitrogen and oxygen atoms in total. The van der Waals surface area contributed by atoms with Crippen LogP contribution in [0.2, 0.25) is 5.02 Å². The van der Waals surface area contributed by atoms with Gasteiger partial charge in [-0.2, -0.15) is 15.2 Å². The standard InChI is InChI=1S/C43H49ClF3N7O6S/c1-40(2,3)54(39(56)57)36-25(19-48)27-24(10-11-26(46)34(27)61-36)28-30(44)33-29-32(31(28)47)49-37(59-22-43-14-8-16-53(43)20-23(45)18-43)50-35(29)52(15-9-17-58-33)21-42(12-7-13-42)51-38(55)60-41(4,5)6/h10-11,23H,7-9,12-18,20-22H2,1-6H3,(H,51,55)(H,56,57)/t23-,43+/m1/s1. The Morgan fingerprint density at radius 3 is 2.52 bits per heavy atom. The van der Waals surface area contributed by atoms with E-state index in [1.54, 1.807) is 41.5 Å². The lowest BCUT2D eigenvalue weighted by molar-refractivity contribution is 0.0390. The maximum Gasteiger partial charge on any atom is 0.412 e. The van der Waals surface area contributed by atoms with Crippen molar-refractivity contribution in [2.45, 2.75) is 115 Å². The Bertz CT molecular complexity index is 2480. The largest absolute Gasteiger partial charge is 0.491 e. The van der Waals surface area contributed by atoms with E-state index >= 15 is 8.78 Å². The minimum absolute atomic E-state index is 0.0221. The summed E-state index contributed by atoms with van der Waals surface area (Å²) in [7, 11) is 0. The molecule has 0 radical (unpaired) electrons.